The fraction of sp³-hybridized carbons (Fsp3) is 1.00. The fourth-order valence-electron chi connectivity index (χ4n) is 5.35. The molecule has 0 unspecified atom stereocenters. The molecule has 3 saturated carbocycles. The molecule has 29 heavy (non-hydrogen) atoms. The van der Waals surface area contributed by atoms with Gasteiger partial charge in [-0.25, -0.2) is 0 Å². The molecule has 0 aromatic carbocycles. The van der Waals surface area contributed by atoms with Gasteiger partial charge >= 0.3 is 0 Å². The minimum absolute atomic E-state index is 0.508. The largest absolute Gasteiger partial charge is 0.372 e. The van der Waals surface area contributed by atoms with Crippen LogP contribution in [0.15, 0.2) is 0 Å². The Morgan fingerprint density at radius 1 is 0.483 bits per heavy atom. The van der Waals surface area contributed by atoms with E-state index in [1.54, 1.807) is 0 Å². The number of nitrogens with zero attached hydrogens (tertiary/aromatic N) is 1. The summed E-state index contributed by atoms with van der Waals surface area (Å²) in [7, 11) is 2.39. The Morgan fingerprint density at radius 3 is 1.03 bits per heavy atom. The Kier molecular flexibility index (Phi) is 10.8. The van der Waals surface area contributed by atoms with E-state index in [0.717, 1.165) is 43.9 Å². The number of hydrogen-bond donors (Lipinski definition) is 0. The highest BCUT2D eigenvalue weighted by Crippen LogP contribution is 2.23. The molecule has 0 bridgehead atoms. The summed E-state index contributed by atoms with van der Waals surface area (Å²) in [6.07, 6.45) is 21.4. The van der Waals surface area contributed by atoms with Gasteiger partial charge in [-0.1, -0.05) is 57.8 Å². The SMILES string of the molecule is C[N+](CCOC1CCCCC1)(CCOC1CCCCC1)CCOC1CCCCC1. The molecule has 0 saturated heterocycles. The molecule has 3 aliphatic carbocycles. The first-order chi connectivity index (χ1) is 14.2. The van der Waals surface area contributed by atoms with Crippen molar-refractivity contribution in [3.05, 3.63) is 0 Å². The van der Waals surface area contributed by atoms with E-state index in [1.807, 2.05) is 0 Å². The second-order valence-electron chi connectivity index (χ2n) is 10.2. The first-order valence-corrected chi connectivity index (χ1v) is 12.9. The third-order valence-electron chi connectivity index (χ3n) is 7.61. The van der Waals surface area contributed by atoms with Gasteiger partial charge in [-0.3, -0.25) is 0 Å². The van der Waals surface area contributed by atoms with Crippen LogP contribution in [-0.4, -0.2) is 69.3 Å². The Balaban J connectivity index is 1.39. The van der Waals surface area contributed by atoms with Crippen molar-refractivity contribution in [3.63, 3.8) is 0 Å². The first-order valence-electron chi connectivity index (χ1n) is 12.9. The third kappa shape index (κ3) is 9.25. The van der Waals surface area contributed by atoms with Crippen LogP contribution in [0.2, 0.25) is 0 Å². The maximum absolute atomic E-state index is 6.27. The second-order valence-corrected chi connectivity index (χ2v) is 10.2. The lowest BCUT2D eigenvalue weighted by Gasteiger charge is -2.36. The highest BCUT2D eigenvalue weighted by atomic mass is 16.5. The number of ether oxygens (including phenoxy) is 3. The molecule has 0 aliphatic heterocycles. The molecule has 0 aromatic rings. The molecule has 3 rings (SSSR count). The van der Waals surface area contributed by atoms with Gasteiger partial charge in [0.1, 0.15) is 19.6 Å². The van der Waals surface area contributed by atoms with Gasteiger partial charge in [0.05, 0.1) is 45.2 Å². The molecule has 0 atom stereocenters. The van der Waals surface area contributed by atoms with Gasteiger partial charge < -0.3 is 18.7 Å². The summed E-state index contributed by atoms with van der Waals surface area (Å²) in [5.41, 5.74) is 0. The Labute approximate surface area is 180 Å². The van der Waals surface area contributed by atoms with E-state index in [0.29, 0.717) is 18.3 Å². The van der Waals surface area contributed by atoms with E-state index in [9.17, 15) is 0 Å². The van der Waals surface area contributed by atoms with Crippen LogP contribution in [-0.2, 0) is 14.2 Å². The third-order valence-corrected chi connectivity index (χ3v) is 7.61. The molecule has 0 N–H and O–H groups in total. The lowest BCUT2D eigenvalue weighted by Crippen LogP contribution is -2.51. The van der Waals surface area contributed by atoms with Crippen LogP contribution >= 0.6 is 0 Å². The van der Waals surface area contributed by atoms with Gasteiger partial charge in [0, 0.05) is 0 Å². The van der Waals surface area contributed by atoms with Crippen molar-refractivity contribution < 1.29 is 18.7 Å². The molecular weight excluding hydrogens is 362 g/mol. The van der Waals surface area contributed by atoms with Crippen LogP contribution in [0.25, 0.3) is 0 Å². The number of likely N-dealkylation sites (N-methyl/N-ethyl adjacent to an activating group) is 1. The molecule has 0 spiro atoms. The molecule has 170 valence electrons. The van der Waals surface area contributed by atoms with Crippen LogP contribution in [0.4, 0.5) is 0 Å². The van der Waals surface area contributed by atoms with Crippen molar-refractivity contribution in [2.75, 3.05) is 46.5 Å². The average molecular weight is 411 g/mol. The zero-order valence-electron chi connectivity index (χ0n) is 19.3. The highest BCUT2D eigenvalue weighted by Gasteiger charge is 2.25. The lowest BCUT2D eigenvalue weighted by atomic mass is 9.98. The minimum atomic E-state index is 0.508. The lowest BCUT2D eigenvalue weighted by molar-refractivity contribution is -0.910. The zero-order valence-corrected chi connectivity index (χ0v) is 19.3. The van der Waals surface area contributed by atoms with Crippen LogP contribution in [0.5, 0.6) is 0 Å². The molecule has 0 heterocycles. The van der Waals surface area contributed by atoms with Gasteiger partial charge in [0.25, 0.3) is 0 Å². The summed E-state index contributed by atoms with van der Waals surface area (Å²) in [5.74, 6) is 0. The molecule has 4 nitrogen and oxygen atoms in total. The molecule has 3 fully saturated rings. The van der Waals surface area contributed by atoms with E-state index in [2.05, 4.69) is 7.05 Å². The van der Waals surface area contributed by atoms with Crippen molar-refractivity contribution in [1.82, 2.24) is 0 Å². The summed E-state index contributed by atoms with van der Waals surface area (Å²) in [5, 5.41) is 0. The second kappa shape index (κ2) is 13.3. The zero-order chi connectivity index (χ0) is 20.2. The van der Waals surface area contributed by atoms with Crippen molar-refractivity contribution in [1.29, 1.82) is 0 Å². The molecule has 3 aliphatic rings. The Morgan fingerprint density at radius 2 is 0.759 bits per heavy atom. The molecule has 0 radical (unpaired) electrons. The van der Waals surface area contributed by atoms with Crippen LogP contribution in [0.1, 0.15) is 96.3 Å². The van der Waals surface area contributed by atoms with E-state index >= 15 is 0 Å². The Bertz CT molecular complexity index is 352. The monoisotopic (exact) mass is 410 g/mol. The van der Waals surface area contributed by atoms with Gasteiger partial charge in [-0.15, -0.1) is 0 Å². The molecule has 0 aromatic heterocycles. The fourth-order valence-corrected chi connectivity index (χ4v) is 5.35. The number of rotatable bonds is 12. The topological polar surface area (TPSA) is 27.7 Å². The maximum Gasteiger partial charge on any atom is 0.102 e. The van der Waals surface area contributed by atoms with Gasteiger partial charge in [0.2, 0.25) is 0 Å². The van der Waals surface area contributed by atoms with Gasteiger partial charge in [0.15, 0.2) is 0 Å². The van der Waals surface area contributed by atoms with Crippen LogP contribution in [0, 0.1) is 0 Å². The Hall–Kier alpha value is -0.160. The summed E-state index contributed by atoms with van der Waals surface area (Å²) in [4.78, 5) is 0. The minimum Gasteiger partial charge on any atom is -0.372 e. The quantitative estimate of drug-likeness (QED) is 0.399. The van der Waals surface area contributed by atoms with E-state index in [-0.39, 0.29) is 0 Å². The predicted molar refractivity (Wildman–Crippen MR) is 119 cm³/mol. The smallest absolute Gasteiger partial charge is 0.102 e. The van der Waals surface area contributed by atoms with Gasteiger partial charge in [-0.2, -0.15) is 0 Å². The maximum atomic E-state index is 6.27. The van der Waals surface area contributed by atoms with E-state index < -0.39 is 0 Å². The summed E-state index contributed by atoms with van der Waals surface area (Å²) >= 11 is 0. The van der Waals surface area contributed by atoms with Crippen molar-refractivity contribution in [2.24, 2.45) is 0 Å². The number of hydrogen-bond acceptors (Lipinski definition) is 3. The molecule has 0 amide bonds. The normalized spacial score (nSPS) is 23.5. The highest BCUT2D eigenvalue weighted by molar-refractivity contribution is 4.67. The van der Waals surface area contributed by atoms with Crippen molar-refractivity contribution in [2.45, 2.75) is 115 Å². The first kappa shape index (κ1) is 23.5. The van der Waals surface area contributed by atoms with Crippen LogP contribution < -0.4 is 0 Å². The van der Waals surface area contributed by atoms with E-state index in [1.165, 1.54) is 96.3 Å². The summed E-state index contributed by atoms with van der Waals surface area (Å²) in [6.45, 7) is 5.89. The van der Waals surface area contributed by atoms with Crippen molar-refractivity contribution in [3.8, 4) is 0 Å². The standard InChI is InChI=1S/C25H48NO3/c1-26(17-20-27-23-11-5-2-6-12-23,18-21-28-24-13-7-3-8-14-24)19-22-29-25-15-9-4-10-16-25/h23-25H,2-22H2,1H3/q+1. The van der Waals surface area contributed by atoms with Crippen molar-refractivity contribution >= 4 is 0 Å². The predicted octanol–water partition coefficient (Wildman–Crippen LogP) is 5.48. The average Bonchev–Trinajstić information content (AvgIpc) is 2.76. The summed E-state index contributed by atoms with van der Waals surface area (Å²) in [6, 6.07) is 0. The molecular formula is C25H48NO3+. The molecule has 4 heteroatoms. The van der Waals surface area contributed by atoms with Gasteiger partial charge in [-0.05, 0) is 38.5 Å². The van der Waals surface area contributed by atoms with Crippen LogP contribution in [0.3, 0.4) is 0 Å². The summed E-state index contributed by atoms with van der Waals surface area (Å²) < 4.78 is 19.8. The van der Waals surface area contributed by atoms with E-state index in [4.69, 9.17) is 14.2 Å². The number of quaternary nitrogens is 1.